The third-order valence-corrected chi connectivity index (χ3v) is 7.67. The summed E-state index contributed by atoms with van der Waals surface area (Å²) in [6.45, 7) is 13.7. The van der Waals surface area contributed by atoms with Crippen LogP contribution >= 0.6 is 11.7 Å². The molecule has 1 heterocycles. The minimum absolute atomic E-state index is 0.193. The van der Waals surface area contributed by atoms with E-state index >= 15 is 0 Å². The molecule has 0 bridgehead atoms. The summed E-state index contributed by atoms with van der Waals surface area (Å²) in [7, 11) is 0. The lowest BCUT2D eigenvalue weighted by Gasteiger charge is -2.23. The third-order valence-electron chi connectivity index (χ3n) is 7.14. The maximum Gasteiger partial charge on any atom is 0.113 e. The first-order valence-corrected chi connectivity index (χ1v) is 12.0. The second kappa shape index (κ2) is 8.20. The lowest BCUT2D eigenvalue weighted by atomic mass is 9.81. The molecule has 4 rings (SSSR count). The molecule has 4 aromatic rings. The van der Waals surface area contributed by atoms with Crippen molar-refractivity contribution in [2.24, 2.45) is 0 Å². The number of nitrogens with zero attached hydrogens (tertiary/aromatic N) is 2. The molecule has 0 saturated heterocycles. The van der Waals surface area contributed by atoms with Gasteiger partial charge in [0.25, 0.3) is 0 Å². The predicted molar refractivity (Wildman–Crippen MR) is 135 cm³/mol. The van der Waals surface area contributed by atoms with E-state index in [2.05, 4.69) is 111 Å². The summed E-state index contributed by atoms with van der Waals surface area (Å²) in [5, 5.41) is 0. The van der Waals surface area contributed by atoms with Crippen molar-refractivity contribution < 1.29 is 0 Å². The van der Waals surface area contributed by atoms with Gasteiger partial charge in [-0.3, -0.25) is 0 Å². The van der Waals surface area contributed by atoms with Crippen molar-refractivity contribution in [3.05, 3.63) is 71.8 Å². The zero-order valence-corrected chi connectivity index (χ0v) is 20.3. The molecule has 3 aromatic carbocycles. The number of benzene rings is 3. The molecule has 0 radical (unpaired) electrons. The predicted octanol–water partition coefficient (Wildman–Crippen LogP) is 8.40. The van der Waals surface area contributed by atoms with Crippen LogP contribution in [0.15, 0.2) is 60.7 Å². The maximum absolute atomic E-state index is 4.67. The van der Waals surface area contributed by atoms with Crippen LogP contribution in [-0.2, 0) is 10.8 Å². The van der Waals surface area contributed by atoms with Gasteiger partial charge >= 0.3 is 0 Å². The van der Waals surface area contributed by atoms with Crippen LogP contribution in [-0.4, -0.2) is 8.75 Å². The van der Waals surface area contributed by atoms with Crippen molar-refractivity contribution in [1.82, 2.24) is 8.75 Å². The summed E-state index contributed by atoms with van der Waals surface area (Å²) < 4.78 is 9.34. The molecule has 0 N–H and O–H groups in total. The van der Waals surface area contributed by atoms with Gasteiger partial charge in [-0.2, -0.15) is 8.75 Å². The van der Waals surface area contributed by atoms with Gasteiger partial charge in [0.1, 0.15) is 11.0 Å². The van der Waals surface area contributed by atoms with E-state index in [1.807, 2.05) is 0 Å². The molecule has 0 saturated carbocycles. The number of hydrogen-bond acceptors (Lipinski definition) is 3. The van der Waals surface area contributed by atoms with Crippen LogP contribution in [0.2, 0.25) is 0 Å². The molecular weight excluding hydrogens is 396 g/mol. The fourth-order valence-electron chi connectivity index (χ4n) is 3.94. The quantitative estimate of drug-likeness (QED) is 0.308. The summed E-state index contributed by atoms with van der Waals surface area (Å²) >= 11 is 1.29. The summed E-state index contributed by atoms with van der Waals surface area (Å²) in [5.41, 5.74) is 9.80. The van der Waals surface area contributed by atoms with Crippen LogP contribution in [0.25, 0.3) is 33.3 Å². The molecule has 1 aromatic heterocycles. The first-order chi connectivity index (χ1) is 14.8. The van der Waals surface area contributed by atoms with Crippen LogP contribution in [0.4, 0.5) is 0 Å². The molecule has 0 aliphatic carbocycles. The fraction of sp³-hybridized carbons (Fsp3) is 0.357. The second-order valence-electron chi connectivity index (χ2n) is 9.75. The van der Waals surface area contributed by atoms with E-state index in [-0.39, 0.29) is 10.8 Å². The molecule has 0 aliphatic rings. The molecule has 0 atom stereocenters. The van der Waals surface area contributed by atoms with E-state index < -0.39 is 0 Å². The fourth-order valence-corrected chi connectivity index (χ4v) is 4.52. The number of hydrogen-bond donors (Lipinski definition) is 0. The first kappa shape index (κ1) is 21.7. The van der Waals surface area contributed by atoms with Gasteiger partial charge in [-0.15, -0.1) is 0 Å². The van der Waals surface area contributed by atoms with Crippen LogP contribution in [0, 0.1) is 0 Å². The highest BCUT2D eigenvalue weighted by atomic mass is 32.1. The molecule has 0 spiro atoms. The Morgan fingerprint density at radius 3 is 1.26 bits per heavy atom. The van der Waals surface area contributed by atoms with Crippen molar-refractivity contribution in [3.63, 3.8) is 0 Å². The molecule has 0 amide bonds. The van der Waals surface area contributed by atoms with Crippen molar-refractivity contribution >= 4 is 22.8 Å². The van der Waals surface area contributed by atoms with E-state index in [1.54, 1.807) is 0 Å². The Bertz CT molecular complexity index is 1090. The highest BCUT2D eigenvalue weighted by Crippen LogP contribution is 2.37. The highest BCUT2D eigenvalue weighted by molar-refractivity contribution is 7.00. The van der Waals surface area contributed by atoms with Gasteiger partial charge in [-0.1, -0.05) is 102 Å². The van der Waals surface area contributed by atoms with Crippen LogP contribution in [0.5, 0.6) is 0 Å². The molecule has 160 valence electrons. The largest absolute Gasteiger partial charge is 0.172 e. The zero-order valence-electron chi connectivity index (χ0n) is 19.5. The monoisotopic (exact) mass is 428 g/mol. The minimum Gasteiger partial charge on any atom is -0.172 e. The average Bonchev–Trinajstić information content (AvgIpc) is 3.29. The smallest absolute Gasteiger partial charge is 0.113 e. The molecule has 3 heteroatoms. The van der Waals surface area contributed by atoms with Crippen molar-refractivity contribution in [1.29, 1.82) is 0 Å². The molecule has 31 heavy (non-hydrogen) atoms. The third kappa shape index (κ3) is 4.04. The van der Waals surface area contributed by atoms with E-state index in [0.29, 0.717) is 0 Å². The normalized spacial score (nSPS) is 12.5. The Morgan fingerprint density at radius 2 is 0.935 bits per heavy atom. The summed E-state index contributed by atoms with van der Waals surface area (Å²) in [6, 6.07) is 22.3. The van der Waals surface area contributed by atoms with Gasteiger partial charge in [-0.05, 0) is 45.9 Å². The SMILES string of the molecule is CCC(C)(C)c1ccc(-c2ccc(-c3ccc(C(C)(C)CC)cc3)c3nsnc23)cc1. The van der Waals surface area contributed by atoms with E-state index in [4.69, 9.17) is 0 Å². The minimum atomic E-state index is 0.193. The Balaban J connectivity index is 1.73. The van der Waals surface area contributed by atoms with Gasteiger partial charge in [0.2, 0.25) is 0 Å². The summed E-state index contributed by atoms with van der Waals surface area (Å²) in [6.07, 6.45) is 2.24. The van der Waals surface area contributed by atoms with Gasteiger partial charge in [0.05, 0.1) is 11.7 Å². The second-order valence-corrected chi connectivity index (χ2v) is 10.3. The van der Waals surface area contributed by atoms with Crippen molar-refractivity contribution in [3.8, 4) is 22.3 Å². The van der Waals surface area contributed by atoms with Gasteiger partial charge < -0.3 is 0 Å². The maximum atomic E-state index is 4.67. The molecule has 0 fully saturated rings. The number of rotatable bonds is 6. The van der Waals surface area contributed by atoms with E-state index in [9.17, 15) is 0 Å². The van der Waals surface area contributed by atoms with Crippen molar-refractivity contribution in [2.75, 3.05) is 0 Å². The Morgan fingerprint density at radius 1 is 0.581 bits per heavy atom. The van der Waals surface area contributed by atoms with Gasteiger partial charge in [0, 0.05) is 11.1 Å². The first-order valence-electron chi connectivity index (χ1n) is 11.2. The Hall–Kier alpha value is -2.52. The van der Waals surface area contributed by atoms with Crippen LogP contribution in [0.3, 0.4) is 0 Å². The zero-order chi connectivity index (χ0) is 22.2. The lowest BCUT2D eigenvalue weighted by molar-refractivity contribution is 0.506. The molecule has 0 aliphatic heterocycles. The number of fused-ring (bicyclic) bond motifs is 1. The van der Waals surface area contributed by atoms with E-state index in [1.165, 1.54) is 34.0 Å². The molecular formula is C28H32N2S. The topological polar surface area (TPSA) is 25.8 Å². The summed E-state index contributed by atoms with van der Waals surface area (Å²) in [5.74, 6) is 0. The standard InChI is InChI=1S/C28H32N2S/c1-7-27(3,4)21-13-9-19(10-14-21)23-17-18-24(26-25(23)29-31-30-26)20-11-15-22(16-12-20)28(5,6)8-2/h9-18H,7-8H2,1-6H3. The van der Waals surface area contributed by atoms with Gasteiger partial charge in [0.15, 0.2) is 0 Å². The molecule has 2 nitrogen and oxygen atoms in total. The van der Waals surface area contributed by atoms with Crippen molar-refractivity contribution in [2.45, 2.75) is 65.2 Å². The Labute approximate surface area is 190 Å². The van der Waals surface area contributed by atoms with E-state index in [0.717, 1.165) is 35.0 Å². The lowest BCUT2D eigenvalue weighted by Crippen LogP contribution is -2.15. The number of aromatic nitrogens is 2. The average molecular weight is 429 g/mol. The van der Waals surface area contributed by atoms with Crippen LogP contribution < -0.4 is 0 Å². The Kier molecular flexibility index (Phi) is 5.74. The highest BCUT2D eigenvalue weighted by Gasteiger charge is 2.20. The van der Waals surface area contributed by atoms with Crippen LogP contribution in [0.1, 0.15) is 65.5 Å². The van der Waals surface area contributed by atoms with Gasteiger partial charge in [-0.25, -0.2) is 0 Å². The summed E-state index contributed by atoms with van der Waals surface area (Å²) in [4.78, 5) is 0. The molecule has 0 unspecified atom stereocenters.